The van der Waals surface area contributed by atoms with Crippen LogP contribution < -0.4 is 5.73 Å². The summed E-state index contributed by atoms with van der Waals surface area (Å²) in [6.07, 6.45) is 0. The van der Waals surface area contributed by atoms with Gasteiger partial charge in [-0.2, -0.15) is 0 Å². The highest BCUT2D eigenvalue weighted by atomic mass is 16.2. The summed E-state index contributed by atoms with van der Waals surface area (Å²) >= 11 is 0. The van der Waals surface area contributed by atoms with Crippen molar-refractivity contribution in [1.82, 2.24) is 14.7 Å². The van der Waals surface area contributed by atoms with Crippen molar-refractivity contribution in [2.75, 3.05) is 53.4 Å². The fourth-order valence-corrected chi connectivity index (χ4v) is 2.53. The SMILES string of the molecule is CN(C)CCN1CCN(C(=O)c2cccc(CN)c2)CC1. The van der Waals surface area contributed by atoms with E-state index in [0.29, 0.717) is 6.54 Å². The number of hydrogen-bond acceptors (Lipinski definition) is 4. The molecular formula is C16H26N4O. The fraction of sp³-hybridized carbons (Fsp3) is 0.562. The molecule has 0 atom stereocenters. The molecule has 0 spiro atoms. The number of benzene rings is 1. The molecular weight excluding hydrogens is 264 g/mol. The number of carbonyl (C=O) groups excluding carboxylic acids is 1. The predicted molar refractivity (Wildman–Crippen MR) is 85.2 cm³/mol. The number of carbonyl (C=O) groups is 1. The molecule has 1 aliphatic heterocycles. The maximum Gasteiger partial charge on any atom is 0.253 e. The second-order valence-electron chi connectivity index (χ2n) is 5.84. The molecule has 2 N–H and O–H groups in total. The molecule has 1 saturated heterocycles. The Bertz CT molecular complexity index is 467. The van der Waals surface area contributed by atoms with E-state index in [0.717, 1.165) is 50.4 Å². The van der Waals surface area contributed by atoms with Gasteiger partial charge in [0, 0.05) is 51.4 Å². The molecule has 1 amide bonds. The second kappa shape index (κ2) is 7.54. The van der Waals surface area contributed by atoms with Crippen LogP contribution in [-0.2, 0) is 6.54 Å². The normalized spacial score (nSPS) is 16.5. The van der Waals surface area contributed by atoms with Crippen LogP contribution in [0.15, 0.2) is 24.3 Å². The molecule has 0 aliphatic carbocycles. The maximum atomic E-state index is 12.5. The first-order valence-electron chi connectivity index (χ1n) is 7.55. The highest BCUT2D eigenvalue weighted by Crippen LogP contribution is 2.11. The zero-order chi connectivity index (χ0) is 15.2. The Hall–Kier alpha value is -1.43. The quantitative estimate of drug-likeness (QED) is 0.856. The first kappa shape index (κ1) is 15.9. The van der Waals surface area contributed by atoms with Gasteiger partial charge in [-0.15, -0.1) is 0 Å². The third kappa shape index (κ3) is 4.52. The highest BCUT2D eigenvalue weighted by molar-refractivity contribution is 5.94. The molecule has 0 bridgehead atoms. The van der Waals surface area contributed by atoms with Crippen LogP contribution in [0.2, 0.25) is 0 Å². The van der Waals surface area contributed by atoms with E-state index in [-0.39, 0.29) is 5.91 Å². The minimum atomic E-state index is 0.123. The number of hydrogen-bond donors (Lipinski definition) is 1. The van der Waals surface area contributed by atoms with E-state index in [2.05, 4.69) is 23.9 Å². The highest BCUT2D eigenvalue weighted by Gasteiger charge is 2.21. The van der Waals surface area contributed by atoms with Crippen LogP contribution >= 0.6 is 0 Å². The zero-order valence-corrected chi connectivity index (χ0v) is 13.1. The molecule has 116 valence electrons. The Balaban J connectivity index is 1.88. The van der Waals surface area contributed by atoms with Gasteiger partial charge in [0.1, 0.15) is 0 Å². The van der Waals surface area contributed by atoms with Gasteiger partial charge in [0.15, 0.2) is 0 Å². The molecule has 0 aromatic heterocycles. The molecule has 0 saturated carbocycles. The van der Waals surface area contributed by atoms with Crippen molar-refractivity contribution in [3.63, 3.8) is 0 Å². The monoisotopic (exact) mass is 290 g/mol. The molecule has 1 aliphatic rings. The van der Waals surface area contributed by atoms with Crippen molar-refractivity contribution in [1.29, 1.82) is 0 Å². The molecule has 1 aromatic carbocycles. The van der Waals surface area contributed by atoms with Gasteiger partial charge in [0.25, 0.3) is 5.91 Å². The summed E-state index contributed by atoms with van der Waals surface area (Å²) in [6, 6.07) is 7.64. The number of piperazine rings is 1. The smallest absolute Gasteiger partial charge is 0.253 e. The number of amides is 1. The summed E-state index contributed by atoms with van der Waals surface area (Å²) in [5.74, 6) is 0.123. The minimum Gasteiger partial charge on any atom is -0.336 e. The first-order valence-corrected chi connectivity index (χ1v) is 7.55. The first-order chi connectivity index (χ1) is 10.1. The predicted octanol–water partition coefficient (Wildman–Crippen LogP) is 0.465. The summed E-state index contributed by atoms with van der Waals surface area (Å²) in [5.41, 5.74) is 7.39. The van der Waals surface area contributed by atoms with E-state index in [4.69, 9.17) is 5.73 Å². The summed E-state index contributed by atoms with van der Waals surface area (Å²) in [4.78, 5) is 19.1. The molecule has 5 nitrogen and oxygen atoms in total. The fourth-order valence-electron chi connectivity index (χ4n) is 2.53. The van der Waals surface area contributed by atoms with Crippen LogP contribution in [0.1, 0.15) is 15.9 Å². The molecule has 21 heavy (non-hydrogen) atoms. The number of nitrogens with two attached hydrogens (primary N) is 1. The van der Waals surface area contributed by atoms with Crippen LogP contribution in [0, 0.1) is 0 Å². The third-order valence-corrected chi connectivity index (χ3v) is 3.93. The van der Waals surface area contributed by atoms with Crippen molar-refractivity contribution >= 4 is 5.91 Å². The van der Waals surface area contributed by atoms with Gasteiger partial charge in [-0.05, 0) is 31.8 Å². The van der Waals surface area contributed by atoms with Gasteiger partial charge in [-0.25, -0.2) is 0 Å². The van der Waals surface area contributed by atoms with Crippen LogP contribution in [0.3, 0.4) is 0 Å². The summed E-state index contributed by atoms with van der Waals surface area (Å²) < 4.78 is 0. The van der Waals surface area contributed by atoms with Crippen LogP contribution in [-0.4, -0.2) is 74.0 Å². The topological polar surface area (TPSA) is 52.8 Å². The molecule has 1 aromatic rings. The van der Waals surface area contributed by atoms with E-state index in [1.807, 2.05) is 29.2 Å². The summed E-state index contributed by atoms with van der Waals surface area (Å²) in [6.45, 7) is 6.12. The Morgan fingerprint density at radius 2 is 1.95 bits per heavy atom. The Morgan fingerprint density at radius 1 is 1.24 bits per heavy atom. The van der Waals surface area contributed by atoms with E-state index >= 15 is 0 Å². The number of likely N-dealkylation sites (N-methyl/N-ethyl adjacent to an activating group) is 1. The molecule has 5 heteroatoms. The summed E-state index contributed by atoms with van der Waals surface area (Å²) in [7, 11) is 4.18. The molecule has 0 radical (unpaired) electrons. The van der Waals surface area contributed by atoms with Crippen molar-refractivity contribution < 1.29 is 4.79 Å². The molecule has 2 rings (SSSR count). The largest absolute Gasteiger partial charge is 0.336 e. The van der Waals surface area contributed by atoms with Gasteiger partial charge in [-0.1, -0.05) is 12.1 Å². The standard InChI is InChI=1S/C16H26N4O/c1-18(2)6-7-19-8-10-20(11-9-19)16(21)15-5-3-4-14(12-15)13-17/h3-5,12H,6-11,13,17H2,1-2H3. The lowest BCUT2D eigenvalue weighted by Gasteiger charge is -2.35. The summed E-state index contributed by atoms with van der Waals surface area (Å²) in [5, 5.41) is 0. The maximum absolute atomic E-state index is 12.5. The van der Waals surface area contributed by atoms with Crippen LogP contribution in [0.25, 0.3) is 0 Å². The second-order valence-corrected chi connectivity index (χ2v) is 5.84. The molecule has 1 fully saturated rings. The van der Waals surface area contributed by atoms with E-state index in [1.165, 1.54) is 0 Å². The van der Waals surface area contributed by atoms with Crippen molar-refractivity contribution in [3.8, 4) is 0 Å². The van der Waals surface area contributed by atoms with Crippen LogP contribution in [0.5, 0.6) is 0 Å². The van der Waals surface area contributed by atoms with Gasteiger partial charge < -0.3 is 15.5 Å². The Morgan fingerprint density at radius 3 is 2.57 bits per heavy atom. The van der Waals surface area contributed by atoms with Gasteiger partial charge in [0.2, 0.25) is 0 Å². The van der Waals surface area contributed by atoms with Gasteiger partial charge in [0.05, 0.1) is 0 Å². The average Bonchev–Trinajstić information content (AvgIpc) is 2.52. The van der Waals surface area contributed by atoms with E-state index < -0.39 is 0 Å². The van der Waals surface area contributed by atoms with Crippen molar-refractivity contribution in [3.05, 3.63) is 35.4 Å². The lowest BCUT2D eigenvalue weighted by Crippen LogP contribution is -2.50. The van der Waals surface area contributed by atoms with E-state index in [1.54, 1.807) is 0 Å². The molecule has 0 unspecified atom stereocenters. The lowest BCUT2D eigenvalue weighted by molar-refractivity contribution is 0.0629. The third-order valence-electron chi connectivity index (χ3n) is 3.93. The number of nitrogens with zero attached hydrogens (tertiary/aromatic N) is 3. The van der Waals surface area contributed by atoms with E-state index in [9.17, 15) is 4.79 Å². The zero-order valence-electron chi connectivity index (χ0n) is 13.1. The minimum absolute atomic E-state index is 0.123. The lowest BCUT2D eigenvalue weighted by atomic mass is 10.1. The average molecular weight is 290 g/mol. The molecule has 1 heterocycles. The van der Waals surface area contributed by atoms with Crippen molar-refractivity contribution in [2.24, 2.45) is 5.73 Å². The van der Waals surface area contributed by atoms with Crippen molar-refractivity contribution in [2.45, 2.75) is 6.54 Å². The van der Waals surface area contributed by atoms with Gasteiger partial charge >= 0.3 is 0 Å². The van der Waals surface area contributed by atoms with Gasteiger partial charge in [-0.3, -0.25) is 9.69 Å². The number of rotatable bonds is 5. The Kier molecular flexibility index (Phi) is 5.73. The van der Waals surface area contributed by atoms with Crippen LogP contribution in [0.4, 0.5) is 0 Å². The Labute approximate surface area is 127 Å².